The van der Waals surface area contributed by atoms with Crippen molar-refractivity contribution >= 4 is 29.2 Å². The molecule has 0 aromatic carbocycles. The van der Waals surface area contributed by atoms with Crippen LogP contribution in [0.2, 0.25) is 0 Å². The molecule has 0 spiro atoms. The van der Waals surface area contributed by atoms with Crippen LogP contribution in [0.25, 0.3) is 11.2 Å². The third-order valence-corrected chi connectivity index (χ3v) is 3.48. The molecule has 0 saturated heterocycles. The molecule has 0 atom stereocenters. The van der Waals surface area contributed by atoms with Gasteiger partial charge in [-0.1, -0.05) is 0 Å². The number of hydrogen-bond donors (Lipinski definition) is 7. The highest BCUT2D eigenvalue weighted by Gasteiger charge is 2.01. The molecular formula is C15H17N9O4S. The minimum atomic E-state index is -0.779. The molecule has 7 N–H and O–H groups in total. The van der Waals surface area contributed by atoms with E-state index >= 15 is 0 Å². The minimum Gasteiger partial charge on any atom is -0.502 e. The van der Waals surface area contributed by atoms with E-state index in [1.807, 2.05) is 12.0 Å². The second-order valence-corrected chi connectivity index (χ2v) is 5.69. The Kier molecular flexibility index (Phi) is 7.14. The van der Waals surface area contributed by atoms with Crippen LogP contribution >= 0.6 is 12.2 Å². The number of anilines is 1. The average Bonchev–Trinajstić information content (AvgIpc) is 3.18. The molecule has 0 fully saturated rings. The summed E-state index contributed by atoms with van der Waals surface area (Å²) in [4.78, 5) is 55.2. The van der Waals surface area contributed by atoms with Crippen LogP contribution in [0.4, 0.5) is 5.82 Å². The van der Waals surface area contributed by atoms with E-state index < -0.39 is 17.0 Å². The van der Waals surface area contributed by atoms with Crippen molar-refractivity contribution in [2.45, 2.75) is 6.92 Å². The zero-order chi connectivity index (χ0) is 21.4. The summed E-state index contributed by atoms with van der Waals surface area (Å²) in [6, 6.07) is 0. The van der Waals surface area contributed by atoms with Gasteiger partial charge in [-0.05, 0) is 19.1 Å². The third kappa shape index (κ3) is 5.96. The van der Waals surface area contributed by atoms with Gasteiger partial charge in [0.05, 0.1) is 12.5 Å². The standard InChI is InChI=1S/C6H7N5.C5H6N2OS.C4H4N2O3/c1-7-5-4-6(10-2-8-4)11-3-9-5;1-3-2-6-5(9)7-4(3)8;7-2-1-5-4(9)6-3(2)8/h2-3H,1H3,(H2,7,8,9,10,11);2H,1H3,(H2,6,7,8,9);1,7H,(H2,5,6,8,9). The predicted molar refractivity (Wildman–Crippen MR) is 108 cm³/mol. The Morgan fingerprint density at radius 3 is 2.34 bits per heavy atom. The highest BCUT2D eigenvalue weighted by molar-refractivity contribution is 7.71. The largest absolute Gasteiger partial charge is 0.502 e. The van der Waals surface area contributed by atoms with Gasteiger partial charge in [0.15, 0.2) is 22.0 Å². The fraction of sp³-hybridized carbons (Fsp3) is 0.133. The number of nitrogens with one attached hydrogen (secondary N) is 6. The van der Waals surface area contributed by atoms with Gasteiger partial charge in [0.25, 0.3) is 11.1 Å². The summed E-state index contributed by atoms with van der Waals surface area (Å²) >= 11 is 4.65. The van der Waals surface area contributed by atoms with Crippen LogP contribution in [0.15, 0.2) is 39.4 Å². The predicted octanol–water partition coefficient (Wildman–Crippen LogP) is -0.0957. The number of hydrogen-bond acceptors (Lipinski definition) is 9. The van der Waals surface area contributed by atoms with E-state index in [1.54, 1.807) is 19.4 Å². The van der Waals surface area contributed by atoms with Crippen LogP contribution in [0, 0.1) is 11.7 Å². The van der Waals surface area contributed by atoms with Crippen molar-refractivity contribution in [1.29, 1.82) is 0 Å². The number of H-pyrrole nitrogens is 5. The number of aromatic amines is 5. The fourth-order valence-electron chi connectivity index (χ4n) is 1.83. The molecule has 4 rings (SSSR count). The van der Waals surface area contributed by atoms with E-state index in [0.29, 0.717) is 16.0 Å². The van der Waals surface area contributed by atoms with Gasteiger partial charge in [-0.25, -0.2) is 19.7 Å². The molecule has 14 heteroatoms. The molecule has 4 heterocycles. The normalized spacial score (nSPS) is 9.72. The monoisotopic (exact) mass is 419 g/mol. The van der Waals surface area contributed by atoms with Crippen molar-refractivity contribution in [2.75, 3.05) is 12.4 Å². The molecule has 0 aliphatic carbocycles. The second kappa shape index (κ2) is 9.75. The lowest BCUT2D eigenvalue weighted by atomic mass is 10.4. The first kappa shape index (κ1) is 21.2. The zero-order valence-electron chi connectivity index (χ0n) is 15.2. The number of aromatic nitrogens is 8. The fourth-order valence-corrected chi connectivity index (χ4v) is 1.99. The molecule has 13 nitrogen and oxygen atoms in total. The zero-order valence-corrected chi connectivity index (χ0v) is 16.0. The maximum atomic E-state index is 10.7. The molecule has 0 amide bonds. The van der Waals surface area contributed by atoms with Crippen molar-refractivity contribution in [2.24, 2.45) is 0 Å². The van der Waals surface area contributed by atoms with Gasteiger partial charge in [-0.3, -0.25) is 19.6 Å². The molecule has 0 radical (unpaired) electrons. The lowest BCUT2D eigenvalue weighted by Crippen LogP contribution is -2.20. The Hall–Kier alpha value is -4.07. The van der Waals surface area contributed by atoms with Gasteiger partial charge in [-0.2, -0.15) is 0 Å². The molecule has 4 aromatic rings. The van der Waals surface area contributed by atoms with Crippen LogP contribution in [-0.2, 0) is 0 Å². The van der Waals surface area contributed by atoms with Crippen molar-refractivity contribution in [3.63, 3.8) is 0 Å². The summed E-state index contributed by atoms with van der Waals surface area (Å²) in [6.45, 7) is 1.71. The molecular weight excluding hydrogens is 402 g/mol. The smallest absolute Gasteiger partial charge is 0.325 e. The van der Waals surface area contributed by atoms with E-state index in [1.165, 1.54) is 6.33 Å². The van der Waals surface area contributed by atoms with Crippen LogP contribution in [-0.4, -0.2) is 52.0 Å². The van der Waals surface area contributed by atoms with E-state index in [9.17, 15) is 14.4 Å². The summed E-state index contributed by atoms with van der Waals surface area (Å²) in [7, 11) is 1.81. The number of aromatic hydroxyl groups is 1. The minimum absolute atomic E-state index is 0.126. The van der Waals surface area contributed by atoms with Crippen molar-refractivity contribution in [3.05, 3.63) is 66.6 Å². The highest BCUT2D eigenvalue weighted by Crippen LogP contribution is 2.12. The van der Waals surface area contributed by atoms with E-state index in [0.717, 1.165) is 17.5 Å². The van der Waals surface area contributed by atoms with E-state index in [4.69, 9.17) is 5.11 Å². The van der Waals surface area contributed by atoms with Crippen LogP contribution in [0.5, 0.6) is 5.75 Å². The van der Waals surface area contributed by atoms with Gasteiger partial charge in [-0.15, -0.1) is 0 Å². The van der Waals surface area contributed by atoms with Crippen molar-refractivity contribution < 1.29 is 5.11 Å². The van der Waals surface area contributed by atoms with Gasteiger partial charge in [0.1, 0.15) is 11.8 Å². The second-order valence-electron chi connectivity index (χ2n) is 5.29. The van der Waals surface area contributed by atoms with Gasteiger partial charge in [0.2, 0.25) is 0 Å². The quantitative estimate of drug-likeness (QED) is 0.206. The lowest BCUT2D eigenvalue weighted by molar-refractivity contribution is 0.462. The van der Waals surface area contributed by atoms with Crippen LogP contribution in [0.3, 0.4) is 0 Å². The maximum Gasteiger partial charge on any atom is 0.325 e. The van der Waals surface area contributed by atoms with Crippen LogP contribution in [0.1, 0.15) is 5.56 Å². The number of aryl methyl sites for hydroxylation is 1. The molecule has 4 aromatic heterocycles. The Balaban J connectivity index is 0.000000157. The summed E-state index contributed by atoms with van der Waals surface area (Å²) in [5, 5.41) is 11.5. The van der Waals surface area contributed by atoms with Crippen molar-refractivity contribution in [3.8, 4) is 5.75 Å². The molecule has 29 heavy (non-hydrogen) atoms. The highest BCUT2D eigenvalue weighted by atomic mass is 32.1. The summed E-state index contributed by atoms with van der Waals surface area (Å²) in [5.41, 5.74) is 0.637. The number of rotatable bonds is 1. The number of nitrogens with zero attached hydrogens (tertiary/aromatic N) is 3. The topological polar surface area (TPSA) is 201 Å². The van der Waals surface area contributed by atoms with E-state index in [2.05, 4.69) is 52.4 Å². The van der Waals surface area contributed by atoms with Gasteiger partial charge >= 0.3 is 5.69 Å². The Labute approximate surface area is 166 Å². The van der Waals surface area contributed by atoms with E-state index in [-0.39, 0.29) is 5.56 Å². The average molecular weight is 419 g/mol. The summed E-state index contributed by atoms with van der Waals surface area (Å²) in [6.07, 6.45) is 5.59. The molecule has 0 aliphatic rings. The number of fused-ring (bicyclic) bond motifs is 1. The van der Waals surface area contributed by atoms with Crippen LogP contribution < -0.4 is 22.1 Å². The summed E-state index contributed by atoms with van der Waals surface area (Å²) in [5.74, 6) is 0.280. The molecule has 0 aliphatic heterocycles. The lowest BCUT2D eigenvalue weighted by Gasteiger charge is -1.96. The van der Waals surface area contributed by atoms with Gasteiger partial charge in [0, 0.05) is 18.8 Å². The maximum absolute atomic E-state index is 10.7. The third-order valence-electron chi connectivity index (χ3n) is 3.26. The van der Waals surface area contributed by atoms with Gasteiger partial charge < -0.3 is 25.4 Å². The molecule has 152 valence electrons. The molecule has 0 unspecified atom stereocenters. The molecule has 0 saturated carbocycles. The first-order valence-corrected chi connectivity index (χ1v) is 8.34. The Bertz CT molecular complexity index is 1250. The summed E-state index contributed by atoms with van der Waals surface area (Å²) < 4.78 is 0.366. The molecule has 0 bridgehead atoms. The van der Waals surface area contributed by atoms with Crippen molar-refractivity contribution in [1.82, 2.24) is 39.9 Å². The Morgan fingerprint density at radius 2 is 1.76 bits per heavy atom. The SMILES string of the molecule is CNc1ncnc2nc[nH]c12.Cc1c[nH]c(=S)[nH]c1=O.O=c1[nH]cc(O)c(=O)[nH]1. The Morgan fingerprint density at radius 1 is 1.00 bits per heavy atom. The number of imidazole rings is 1. The first-order chi connectivity index (χ1) is 13.8. The first-order valence-electron chi connectivity index (χ1n) is 7.93.